The first kappa shape index (κ1) is 17.2. The van der Waals surface area contributed by atoms with Crippen molar-refractivity contribution in [3.05, 3.63) is 52.0 Å². The summed E-state index contributed by atoms with van der Waals surface area (Å²) >= 11 is 1.61. The second kappa shape index (κ2) is 6.83. The quantitative estimate of drug-likeness (QED) is 0.697. The molecule has 3 aromatic rings. The summed E-state index contributed by atoms with van der Waals surface area (Å²) in [5.74, 6) is 1.85. The number of thiazole rings is 1. The van der Waals surface area contributed by atoms with Crippen molar-refractivity contribution in [3.63, 3.8) is 0 Å². The molecule has 4 rings (SSSR count). The number of hydrogen-bond donors (Lipinski definition) is 1. The number of rotatable bonds is 6. The molecular weight excluding hydrogens is 344 g/mol. The Hall–Kier alpha value is -2.21. The zero-order chi connectivity index (χ0) is 18.3. The van der Waals surface area contributed by atoms with Crippen LogP contribution in [0.5, 0.6) is 0 Å². The van der Waals surface area contributed by atoms with E-state index in [-0.39, 0.29) is 11.9 Å². The van der Waals surface area contributed by atoms with Crippen molar-refractivity contribution in [2.75, 3.05) is 0 Å². The van der Waals surface area contributed by atoms with Crippen LogP contribution >= 0.6 is 11.3 Å². The first-order chi connectivity index (χ1) is 12.5. The molecule has 3 aromatic heterocycles. The minimum absolute atomic E-state index is 0.0777. The summed E-state index contributed by atoms with van der Waals surface area (Å²) < 4.78 is 2.07. The van der Waals surface area contributed by atoms with E-state index in [1.54, 1.807) is 11.3 Å². The van der Waals surface area contributed by atoms with Gasteiger partial charge in [0, 0.05) is 23.2 Å². The number of aryl methyl sites for hydroxylation is 1. The number of nitrogens with zero attached hydrogens (tertiary/aromatic N) is 3. The van der Waals surface area contributed by atoms with Gasteiger partial charge in [0.1, 0.15) is 10.8 Å². The van der Waals surface area contributed by atoms with Gasteiger partial charge in [-0.15, -0.1) is 11.3 Å². The Bertz CT molecular complexity index is 938. The molecule has 5 nitrogen and oxygen atoms in total. The van der Waals surface area contributed by atoms with Crippen molar-refractivity contribution < 1.29 is 4.79 Å². The van der Waals surface area contributed by atoms with E-state index in [0.29, 0.717) is 17.5 Å². The summed E-state index contributed by atoms with van der Waals surface area (Å²) in [5.41, 5.74) is 2.40. The van der Waals surface area contributed by atoms with Crippen molar-refractivity contribution in [3.8, 4) is 0 Å². The van der Waals surface area contributed by atoms with Gasteiger partial charge in [-0.25, -0.2) is 9.97 Å². The van der Waals surface area contributed by atoms with Crippen molar-refractivity contribution in [1.82, 2.24) is 19.7 Å². The van der Waals surface area contributed by atoms with Gasteiger partial charge >= 0.3 is 0 Å². The smallest absolute Gasteiger partial charge is 0.272 e. The maximum Gasteiger partial charge on any atom is 0.272 e. The van der Waals surface area contributed by atoms with Crippen LogP contribution in [0.3, 0.4) is 0 Å². The third-order valence-corrected chi connectivity index (χ3v) is 5.76. The molecule has 0 aliphatic heterocycles. The maximum atomic E-state index is 13.1. The molecule has 136 valence electrons. The lowest BCUT2D eigenvalue weighted by Crippen LogP contribution is -2.30. The normalized spacial score (nSPS) is 15.5. The van der Waals surface area contributed by atoms with Gasteiger partial charge < -0.3 is 9.72 Å². The van der Waals surface area contributed by atoms with Crippen LogP contribution < -0.4 is 5.32 Å². The highest BCUT2D eigenvalue weighted by atomic mass is 32.1. The van der Waals surface area contributed by atoms with Crippen molar-refractivity contribution >= 4 is 22.8 Å². The third-order valence-electron chi connectivity index (χ3n) is 4.68. The molecule has 26 heavy (non-hydrogen) atoms. The predicted molar refractivity (Wildman–Crippen MR) is 104 cm³/mol. The Morgan fingerprint density at radius 3 is 2.81 bits per heavy atom. The zero-order valence-corrected chi connectivity index (χ0v) is 16.2. The predicted octanol–water partition coefficient (Wildman–Crippen LogP) is 4.49. The van der Waals surface area contributed by atoms with Gasteiger partial charge in [0.25, 0.3) is 5.91 Å². The molecule has 0 saturated heterocycles. The SMILES string of the molecule is Cc1csc(C(CC(C)C)NC(=O)c2nc(C3CC3)n3ccccc23)n1. The van der Waals surface area contributed by atoms with Crippen LogP contribution in [0.25, 0.3) is 5.52 Å². The second-order valence-electron chi connectivity index (χ2n) is 7.53. The van der Waals surface area contributed by atoms with Gasteiger partial charge in [-0.1, -0.05) is 19.9 Å². The number of aromatic nitrogens is 3. The summed E-state index contributed by atoms with van der Waals surface area (Å²) in [5, 5.41) is 6.19. The van der Waals surface area contributed by atoms with Gasteiger partial charge in [-0.05, 0) is 44.2 Å². The summed E-state index contributed by atoms with van der Waals surface area (Å²) in [6.07, 6.45) is 5.18. The highest BCUT2D eigenvalue weighted by molar-refractivity contribution is 7.09. The molecule has 0 radical (unpaired) electrons. The summed E-state index contributed by atoms with van der Waals surface area (Å²) in [6, 6.07) is 5.84. The molecule has 1 amide bonds. The first-order valence-corrected chi connectivity index (χ1v) is 10.1. The minimum atomic E-state index is -0.112. The van der Waals surface area contributed by atoms with Crippen LogP contribution in [-0.4, -0.2) is 20.3 Å². The summed E-state index contributed by atoms with van der Waals surface area (Å²) in [6.45, 7) is 6.31. The monoisotopic (exact) mass is 368 g/mol. The fourth-order valence-corrected chi connectivity index (χ4v) is 4.17. The fourth-order valence-electron chi connectivity index (χ4n) is 3.31. The molecule has 1 N–H and O–H groups in total. The van der Waals surface area contributed by atoms with Gasteiger partial charge in [-0.3, -0.25) is 4.79 Å². The number of amides is 1. The van der Waals surface area contributed by atoms with Crippen LogP contribution in [0.15, 0.2) is 29.8 Å². The van der Waals surface area contributed by atoms with Crippen LogP contribution in [0.1, 0.15) is 72.1 Å². The molecule has 0 bridgehead atoms. The van der Waals surface area contributed by atoms with Gasteiger partial charge in [0.2, 0.25) is 0 Å². The highest BCUT2D eigenvalue weighted by Gasteiger charge is 2.31. The third kappa shape index (κ3) is 3.38. The Kier molecular flexibility index (Phi) is 4.53. The van der Waals surface area contributed by atoms with Crippen molar-refractivity contribution in [1.29, 1.82) is 0 Å². The molecule has 1 saturated carbocycles. The van der Waals surface area contributed by atoms with E-state index in [1.165, 1.54) is 0 Å². The molecule has 1 aliphatic rings. The lowest BCUT2D eigenvalue weighted by Gasteiger charge is -2.18. The number of fused-ring (bicyclic) bond motifs is 1. The van der Waals surface area contributed by atoms with E-state index in [2.05, 4.69) is 28.5 Å². The van der Waals surface area contributed by atoms with E-state index in [4.69, 9.17) is 4.98 Å². The molecule has 0 spiro atoms. The topological polar surface area (TPSA) is 59.3 Å². The molecule has 0 aromatic carbocycles. The van der Waals surface area contributed by atoms with E-state index in [9.17, 15) is 4.79 Å². The number of carbonyl (C=O) groups excluding carboxylic acids is 1. The Morgan fingerprint density at radius 2 is 2.15 bits per heavy atom. The van der Waals surface area contributed by atoms with E-state index < -0.39 is 0 Å². The number of hydrogen-bond acceptors (Lipinski definition) is 4. The number of pyridine rings is 1. The van der Waals surface area contributed by atoms with E-state index >= 15 is 0 Å². The van der Waals surface area contributed by atoms with Crippen LogP contribution in [0.2, 0.25) is 0 Å². The standard InChI is InChI=1S/C20H24N4OS/c1-12(2)10-15(20-21-13(3)11-26-20)22-19(25)17-16-6-4-5-9-24(16)18(23-17)14-7-8-14/h4-6,9,11-12,14-15H,7-8,10H2,1-3H3,(H,22,25). The van der Waals surface area contributed by atoms with Crippen molar-refractivity contribution in [2.45, 2.75) is 52.0 Å². The minimum Gasteiger partial charge on any atom is -0.341 e. The van der Waals surface area contributed by atoms with Crippen LogP contribution in [-0.2, 0) is 0 Å². The first-order valence-electron chi connectivity index (χ1n) is 9.22. The molecule has 1 aliphatic carbocycles. The highest BCUT2D eigenvalue weighted by Crippen LogP contribution is 2.40. The lowest BCUT2D eigenvalue weighted by molar-refractivity contribution is 0.0929. The lowest BCUT2D eigenvalue weighted by atomic mass is 10.0. The Balaban J connectivity index is 1.65. The number of imidazole rings is 1. The summed E-state index contributed by atoms with van der Waals surface area (Å²) in [4.78, 5) is 22.4. The molecule has 6 heteroatoms. The van der Waals surface area contributed by atoms with E-state index in [1.807, 2.05) is 36.7 Å². The molecule has 1 unspecified atom stereocenters. The zero-order valence-electron chi connectivity index (χ0n) is 15.4. The average molecular weight is 369 g/mol. The summed E-state index contributed by atoms with van der Waals surface area (Å²) in [7, 11) is 0. The molecule has 3 heterocycles. The average Bonchev–Trinajstić information content (AvgIpc) is 3.23. The van der Waals surface area contributed by atoms with Crippen LogP contribution in [0, 0.1) is 12.8 Å². The van der Waals surface area contributed by atoms with Gasteiger partial charge in [0.05, 0.1) is 11.6 Å². The maximum absolute atomic E-state index is 13.1. The Labute approximate surface area is 157 Å². The Morgan fingerprint density at radius 1 is 1.35 bits per heavy atom. The number of nitrogens with one attached hydrogen (secondary N) is 1. The molecule has 1 fully saturated rings. The van der Waals surface area contributed by atoms with Crippen LogP contribution in [0.4, 0.5) is 0 Å². The second-order valence-corrected chi connectivity index (χ2v) is 8.42. The van der Waals surface area contributed by atoms with Gasteiger partial charge in [-0.2, -0.15) is 0 Å². The van der Waals surface area contributed by atoms with Crippen molar-refractivity contribution in [2.24, 2.45) is 5.92 Å². The van der Waals surface area contributed by atoms with Gasteiger partial charge in [0.15, 0.2) is 5.69 Å². The van der Waals surface area contributed by atoms with E-state index in [0.717, 1.165) is 41.3 Å². The largest absolute Gasteiger partial charge is 0.341 e. The number of carbonyl (C=O) groups is 1. The molecule has 1 atom stereocenters. The molecular formula is C20H24N4OS. The fraction of sp³-hybridized carbons (Fsp3) is 0.450.